The quantitative estimate of drug-likeness (QED) is 0.934. The molecule has 4 heteroatoms. The largest absolute Gasteiger partial charge is 0.324 e. The second-order valence-electron chi connectivity index (χ2n) is 6.97. The maximum atomic E-state index is 12.2. The summed E-state index contributed by atoms with van der Waals surface area (Å²) in [5.41, 5.74) is 4.58. The third-order valence-corrected chi connectivity index (χ3v) is 4.53. The van der Waals surface area contributed by atoms with E-state index in [0.29, 0.717) is 11.8 Å². The van der Waals surface area contributed by atoms with Gasteiger partial charge in [-0.3, -0.25) is 9.48 Å². The molecule has 0 radical (unpaired) electrons. The van der Waals surface area contributed by atoms with Crippen molar-refractivity contribution in [2.45, 2.75) is 52.5 Å². The maximum Gasteiger partial charge on any atom is 0.246 e. The van der Waals surface area contributed by atoms with E-state index in [4.69, 9.17) is 0 Å². The van der Waals surface area contributed by atoms with Gasteiger partial charge in [-0.05, 0) is 54.4 Å². The summed E-state index contributed by atoms with van der Waals surface area (Å²) in [6, 6.07) is 8.05. The Balaban J connectivity index is 1.61. The number of fused-ring (bicyclic) bond motifs is 1. The van der Waals surface area contributed by atoms with Gasteiger partial charge in [0.25, 0.3) is 0 Å². The van der Waals surface area contributed by atoms with E-state index in [9.17, 15) is 4.79 Å². The van der Waals surface area contributed by atoms with Crippen molar-refractivity contribution in [1.29, 1.82) is 0 Å². The summed E-state index contributed by atoms with van der Waals surface area (Å²) in [7, 11) is 0. The average Bonchev–Trinajstić information content (AvgIpc) is 2.88. The zero-order chi connectivity index (χ0) is 16.4. The van der Waals surface area contributed by atoms with Crippen LogP contribution >= 0.6 is 0 Å². The van der Waals surface area contributed by atoms with E-state index < -0.39 is 0 Å². The van der Waals surface area contributed by atoms with Crippen LogP contribution in [0.4, 0.5) is 5.69 Å². The van der Waals surface area contributed by atoms with Gasteiger partial charge in [0.05, 0.1) is 5.69 Å². The first-order valence-electron chi connectivity index (χ1n) is 8.46. The van der Waals surface area contributed by atoms with E-state index in [-0.39, 0.29) is 12.5 Å². The maximum absolute atomic E-state index is 12.2. The number of anilines is 1. The van der Waals surface area contributed by atoms with Gasteiger partial charge in [0, 0.05) is 11.9 Å². The number of amides is 1. The summed E-state index contributed by atoms with van der Waals surface area (Å²) >= 11 is 0. The van der Waals surface area contributed by atoms with E-state index in [2.05, 4.69) is 43.3 Å². The Bertz CT molecular complexity index is 685. The minimum absolute atomic E-state index is 0.0322. The van der Waals surface area contributed by atoms with Crippen LogP contribution in [0.1, 0.15) is 49.9 Å². The standard InChI is InChI=1S/C19H25N3O/c1-13(2)15-5-7-17(8-6-15)20-19(23)12-22-11-16-10-14(3)4-9-18(16)21-22/h5-8,11,13-14H,4,9-10,12H2,1-3H3,(H,20,23). The molecule has 1 unspecified atom stereocenters. The number of aryl methyl sites for hydroxylation is 1. The number of hydrogen-bond acceptors (Lipinski definition) is 2. The first-order chi connectivity index (χ1) is 11.0. The molecule has 23 heavy (non-hydrogen) atoms. The number of nitrogens with zero attached hydrogens (tertiary/aromatic N) is 2. The Morgan fingerprint density at radius 2 is 2.09 bits per heavy atom. The van der Waals surface area contributed by atoms with Gasteiger partial charge in [-0.2, -0.15) is 5.10 Å². The van der Waals surface area contributed by atoms with E-state index in [0.717, 1.165) is 24.2 Å². The highest BCUT2D eigenvalue weighted by atomic mass is 16.2. The molecule has 1 aliphatic rings. The molecule has 2 aromatic rings. The highest BCUT2D eigenvalue weighted by molar-refractivity contribution is 5.90. The molecular formula is C19H25N3O. The third-order valence-electron chi connectivity index (χ3n) is 4.53. The zero-order valence-electron chi connectivity index (χ0n) is 14.2. The van der Waals surface area contributed by atoms with Crippen LogP contribution < -0.4 is 5.32 Å². The molecule has 0 saturated heterocycles. The monoisotopic (exact) mass is 311 g/mol. The van der Waals surface area contributed by atoms with Crippen LogP contribution in [0.15, 0.2) is 30.5 Å². The van der Waals surface area contributed by atoms with Crippen LogP contribution in [0.2, 0.25) is 0 Å². The van der Waals surface area contributed by atoms with E-state index in [1.54, 1.807) is 4.68 Å². The number of carbonyl (C=O) groups excluding carboxylic acids is 1. The van der Waals surface area contributed by atoms with Crippen molar-refractivity contribution in [3.05, 3.63) is 47.3 Å². The van der Waals surface area contributed by atoms with Crippen molar-refractivity contribution in [2.75, 3.05) is 5.32 Å². The fourth-order valence-electron chi connectivity index (χ4n) is 3.12. The Labute approximate surface area is 137 Å². The van der Waals surface area contributed by atoms with Gasteiger partial charge in [-0.15, -0.1) is 0 Å². The molecule has 1 aromatic carbocycles. The first-order valence-corrected chi connectivity index (χ1v) is 8.46. The summed E-state index contributed by atoms with van der Waals surface area (Å²) in [5, 5.41) is 7.51. The lowest BCUT2D eigenvalue weighted by atomic mass is 9.89. The lowest BCUT2D eigenvalue weighted by Crippen LogP contribution is -2.19. The molecule has 0 fully saturated rings. The smallest absolute Gasteiger partial charge is 0.246 e. The Morgan fingerprint density at radius 3 is 2.78 bits per heavy atom. The molecule has 4 nitrogen and oxygen atoms in total. The molecule has 0 bridgehead atoms. The van der Waals surface area contributed by atoms with Crippen molar-refractivity contribution in [3.63, 3.8) is 0 Å². The van der Waals surface area contributed by atoms with Crippen molar-refractivity contribution in [2.24, 2.45) is 5.92 Å². The van der Waals surface area contributed by atoms with Crippen LogP contribution in [-0.2, 0) is 24.2 Å². The lowest BCUT2D eigenvalue weighted by molar-refractivity contribution is -0.116. The fraction of sp³-hybridized carbons (Fsp3) is 0.474. The van der Waals surface area contributed by atoms with E-state index >= 15 is 0 Å². The predicted molar refractivity (Wildman–Crippen MR) is 92.6 cm³/mol. The highest BCUT2D eigenvalue weighted by Gasteiger charge is 2.19. The number of rotatable bonds is 4. The Hall–Kier alpha value is -2.10. The van der Waals surface area contributed by atoms with Crippen LogP contribution in [0, 0.1) is 5.92 Å². The number of carbonyl (C=O) groups is 1. The van der Waals surface area contributed by atoms with E-state index in [1.807, 2.05) is 18.3 Å². The summed E-state index contributed by atoms with van der Waals surface area (Å²) in [5.74, 6) is 1.18. The number of nitrogens with one attached hydrogen (secondary N) is 1. The lowest BCUT2D eigenvalue weighted by Gasteiger charge is -2.15. The molecule has 0 saturated carbocycles. The third kappa shape index (κ3) is 3.81. The zero-order valence-corrected chi connectivity index (χ0v) is 14.2. The van der Waals surface area contributed by atoms with Crippen LogP contribution in [0.25, 0.3) is 0 Å². The fourth-order valence-corrected chi connectivity index (χ4v) is 3.12. The van der Waals surface area contributed by atoms with E-state index in [1.165, 1.54) is 17.5 Å². The molecule has 1 aliphatic carbocycles. The molecule has 1 amide bonds. The molecule has 1 N–H and O–H groups in total. The summed E-state index contributed by atoms with van der Waals surface area (Å²) in [6.45, 7) is 6.86. The molecular weight excluding hydrogens is 286 g/mol. The summed E-state index contributed by atoms with van der Waals surface area (Å²) < 4.78 is 1.78. The SMILES string of the molecule is CC1CCc2nn(CC(=O)Nc3ccc(C(C)C)cc3)cc2C1. The molecule has 1 aromatic heterocycles. The molecule has 1 heterocycles. The van der Waals surface area contributed by atoms with Gasteiger partial charge in [-0.25, -0.2) is 0 Å². The second kappa shape index (κ2) is 6.57. The van der Waals surface area contributed by atoms with Gasteiger partial charge in [-0.1, -0.05) is 32.9 Å². The normalized spacial score (nSPS) is 17.1. The summed E-state index contributed by atoms with van der Waals surface area (Å²) in [6.07, 6.45) is 5.33. The van der Waals surface area contributed by atoms with Gasteiger partial charge in [0.15, 0.2) is 0 Å². The van der Waals surface area contributed by atoms with Crippen molar-refractivity contribution in [1.82, 2.24) is 9.78 Å². The van der Waals surface area contributed by atoms with Crippen molar-refractivity contribution >= 4 is 11.6 Å². The molecule has 122 valence electrons. The first kappa shape index (κ1) is 15.8. The Kier molecular flexibility index (Phi) is 4.51. The highest BCUT2D eigenvalue weighted by Crippen LogP contribution is 2.24. The molecule has 1 atom stereocenters. The molecule has 0 aliphatic heterocycles. The molecule has 3 rings (SSSR count). The van der Waals surface area contributed by atoms with Crippen molar-refractivity contribution < 1.29 is 4.79 Å². The average molecular weight is 311 g/mol. The second-order valence-corrected chi connectivity index (χ2v) is 6.97. The van der Waals surface area contributed by atoms with Gasteiger partial charge >= 0.3 is 0 Å². The van der Waals surface area contributed by atoms with Crippen LogP contribution in [0.3, 0.4) is 0 Å². The van der Waals surface area contributed by atoms with Gasteiger partial charge in [0.2, 0.25) is 5.91 Å². The predicted octanol–water partition coefficient (Wildman–Crippen LogP) is 3.77. The van der Waals surface area contributed by atoms with Crippen LogP contribution in [-0.4, -0.2) is 15.7 Å². The summed E-state index contributed by atoms with van der Waals surface area (Å²) in [4.78, 5) is 12.2. The molecule has 0 spiro atoms. The number of aromatic nitrogens is 2. The Morgan fingerprint density at radius 1 is 1.35 bits per heavy atom. The van der Waals surface area contributed by atoms with Gasteiger partial charge in [0.1, 0.15) is 6.54 Å². The van der Waals surface area contributed by atoms with Gasteiger partial charge < -0.3 is 5.32 Å². The van der Waals surface area contributed by atoms with Crippen LogP contribution in [0.5, 0.6) is 0 Å². The van der Waals surface area contributed by atoms with Crippen molar-refractivity contribution in [3.8, 4) is 0 Å². The topological polar surface area (TPSA) is 46.9 Å². The number of benzene rings is 1. The number of hydrogen-bond donors (Lipinski definition) is 1. The minimum Gasteiger partial charge on any atom is -0.324 e. The minimum atomic E-state index is -0.0322.